The summed E-state index contributed by atoms with van der Waals surface area (Å²) < 4.78 is 16.9. The fourth-order valence-electron chi connectivity index (χ4n) is 10.7. The van der Waals surface area contributed by atoms with E-state index in [4.69, 9.17) is 19.3 Å². The van der Waals surface area contributed by atoms with Crippen molar-refractivity contribution in [3.05, 3.63) is 138 Å². The van der Waals surface area contributed by atoms with Gasteiger partial charge in [0.15, 0.2) is 5.65 Å². The molecule has 12 rings (SSSR count). The second-order valence-corrected chi connectivity index (χ2v) is 27.6. The topological polar surface area (TPSA) is 194 Å². The van der Waals surface area contributed by atoms with Gasteiger partial charge in [-0.2, -0.15) is 5.10 Å². The van der Waals surface area contributed by atoms with Gasteiger partial charge in [-0.3, -0.25) is 9.59 Å². The predicted octanol–water partition coefficient (Wildman–Crippen LogP) is 9.80. The first kappa shape index (κ1) is 70.2. The van der Waals surface area contributed by atoms with Crippen molar-refractivity contribution in [3.63, 3.8) is 0 Å². The second-order valence-electron chi connectivity index (χ2n) is 25.0. The quantitative estimate of drug-likeness (QED) is 0.0817. The highest BCUT2D eigenvalue weighted by atomic mass is 79.9. The normalized spacial score (nSPS) is 17.7. The SMILES string of the molecule is Brc1ccc(Br)nc1.C1CCNCC1.CCCc1cc(C)[nH]c(=O)c1CNC(=O)c1cc(-c2ccc(N3CCN(C)CC3)nc2)nc2c1cnn2C(C)C.CN1CCN(c2ccc(B3OC(C)(C)C(C)(C)O3)cn2)CC1.CN1CCN(c2ccc(Br)cn2)CC1. The number of hydrogen-bond acceptors (Lipinski definition) is 17. The standard InChI is InChI=1S/C30H38N8O2.C16H26BN3O2.C10H14BrN3.C5H3Br2N.C5H11N/c1-6-7-21-14-20(4)34-30(40)24(21)17-32-29(39)23-15-26(35-28-25(23)18-33-38(28)19(2)3)22-8-9-27(31-16-22)37-12-10-36(5)11-13-37;1-15(2)16(3,4)22-17(21-15)13-6-7-14(18-12-13)20-10-8-19(5)9-11-20;1-13-4-6-14(7-5-13)10-3-2-9(11)8-12-10;6-4-1-2-5(7)8-3-4;1-2-4-6-5-3-1/h8-9,14-16,18-19H,6-7,10-13,17H2,1-5H3,(H,32,39)(H,34,40);6-7,12H,8-11H2,1-5H3;2-3,8H,4-7H2,1H3;1-3H;6H,1-5H2. The molecule has 7 aromatic rings. The van der Waals surface area contributed by atoms with Crippen LogP contribution >= 0.6 is 47.8 Å². The van der Waals surface area contributed by atoms with Gasteiger partial charge in [-0.25, -0.2) is 29.6 Å². The molecule has 24 heteroatoms. The molecule has 0 aliphatic carbocycles. The van der Waals surface area contributed by atoms with Gasteiger partial charge in [-0.15, -0.1) is 0 Å². The van der Waals surface area contributed by atoms with Crippen LogP contribution in [0.1, 0.15) is 107 Å². The van der Waals surface area contributed by atoms with Gasteiger partial charge in [0, 0.05) is 147 Å². The number of amides is 1. The number of aromatic amines is 1. The summed E-state index contributed by atoms with van der Waals surface area (Å²) in [6.45, 7) is 31.4. The zero-order valence-corrected chi connectivity index (χ0v) is 59.3. The summed E-state index contributed by atoms with van der Waals surface area (Å²) in [5.41, 5.74) is 5.15. The maximum absolute atomic E-state index is 13.6. The third-order valence-electron chi connectivity index (χ3n) is 17.0. The minimum atomic E-state index is -0.334. The van der Waals surface area contributed by atoms with Gasteiger partial charge in [0.1, 0.15) is 22.1 Å². The van der Waals surface area contributed by atoms with E-state index in [0.717, 1.165) is 145 Å². The van der Waals surface area contributed by atoms with Crippen LogP contribution in [-0.4, -0.2) is 191 Å². The number of halogens is 3. The minimum absolute atomic E-state index is 0.0663. The maximum atomic E-state index is 13.6. The van der Waals surface area contributed by atoms with Gasteiger partial charge in [-0.05, 0) is 210 Å². The van der Waals surface area contributed by atoms with Crippen LogP contribution in [0.2, 0.25) is 0 Å². The Morgan fingerprint density at radius 1 is 0.667 bits per heavy atom. The summed E-state index contributed by atoms with van der Waals surface area (Å²) >= 11 is 9.87. The average Bonchev–Trinajstić information content (AvgIpc) is 1.70. The fourth-order valence-corrected chi connectivity index (χ4v) is 11.4. The molecule has 12 heterocycles. The molecule has 7 aromatic heterocycles. The molecular formula is C66H92BBr3N16O4. The van der Waals surface area contributed by atoms with E-state index in [0.29, 0.717) is 27.9 Å². The highest BCUT2D eigenvalue weighted by Gasteiger charge is 2.52. The van der Waals surface area contributed by atoms with Gasteiger partial charge in [-0.1, -0.05) is 25.8 Å². The van der Waals surface area contributed by atoms with Crippen molar-refractivity contribution in [2.45, 2.75) is 111 Å². The third kappa shape index (κ3) is 19.7. The molecule has 0 aromatic carbocycles. The van der Waals surface area contributed by atoms with Crippen molar-refractivity contribution in [1.29, 1.82) is 0 Å². The van der Waals surface area contributed by atoms with Crippen LogP contribution < -0.4 is 36.4 Å². The molecule has 5 fully saturated rings. The van der Waals surface area contributed by atoms with Crippen LogP contribution in [0.3, 0.4) is 0 Å². The van der Waals surface area contributed by atoms with E-state index in [2.05, 4.69) is 187 Å². The zero-order valence-electron chi connectivity index (χ0n) is 54.5. The molecule has 5 aliphatic heterocycles. The second kappa shape index (κ2) is 33.2. The molecule has 0 unspecified atom stereocenters. The number of nitrogens with zero attached hydrogens (tertiary/aromatic N) is 13. The van der Waals surface area contributed by atoms with Gasteiger partial charge in [0.05, 0.1) is 34.0 Å². The highest BCUT2D eigenvalue weighted by Crippen LogP contribution is 2.37. The lowest BCUT2D eigenvalue weighted by Gasteiger charge is -2.33. The molecule has 0 bridgehead atoms. The molecule has 0 atom stereocenters. The van der Waals surface area contributed by atoms with E-state index in [1.807, 2.05) is 80.4 Å². The van der Waals surface area contributed by atoms with Crippen LogP contribution in [0, 0.1) is 6.92 Å². The molecule has 0 radical (unpaired) electrons. The molecule has 0 spiro atoms. The number of aromatic nitrogens is 8. The zero-order chi connectivity index (χ0) is 64.5. The van der Waals surface area contributed by atoms with Crippen molar-refractivity contribution in [2.24, 2.45) is 0 Å². The Bertz CT molecular complexity index is 3370. The maximum Gasteiger partial charge on any atom is 0.496 e. The van der Waals surface area contributed by atoms with Crippen LogP contribution in [0.4, 0.5) is 17.5 Å². The Balaban J connectivity index is 0.000000172. The first-order chi connectivity index (χ1) is 43.1. The summed E-state index contributed by atoms with van der Waals surface area (Å²) in [7, 11) is 6.12. The number of pyridine rings is 6. The van der Waals surface area contributed by atoms with E-state index in [-0.39, 0.29) is 42.4 Å². The molecule has 5 aliphatic rings. The number of aryl methyl sites for hydroxylation is 2. The van der Waals surface area contributed by atoms with E-state index >= 15 is 0 Å². The largest absolute Gasteiger partial charge is 0.496 e. The Hall–Kier alpha value is -5.70. The van der Waals surface area contributed by atoms with Crippen molar-refractivity contribution >= 4 is 94.8 Å². The number of fused-ring (bicyclic) bond motifs is 1. The first-order valence-electron chi connectivity index (χ1n) is 31.6. The van der Waals surface area contributed by atoms with Gasteiger partial charge in [0.2, 0.25) is 0 Å². The lowest BCUT2D eigenvalue weighted by Crippen LogP contribution is -2.45. The summed E-state index contributed by atoms with van der Waals surface area (Å²) in [6.07, 6.45) is 14.9. The molecular weight excluding hydrogens is 1330 g/mol. The van der Waals surface area contributed by atoms with E-state index in [1.165, 1.54) is 32.4 Å². The molecule has 90 heavy (non-hydrogen) atoms. The Labute approximate surface area is 558 Å². The summed E-state index contributed by atoms with van der Waals surface area (Å²) in [5.74, 6) is 2.78. The lowest BCUT2D eigenvalue weighted by atomic mass is 9.80. The lowest BCUT2D eigenvalue weighted by molar-refractivity contribution is 0.00578. The molecule has 1 amide bonds. The number of anilines is 3. The van der Waals surface area contributed by atoms with E-state index < -0.39 is 0 Å². The number of rotatable bonds is 11. The smallest absolute Gasteiger partial charge is 0.399 e. The third-order valence-corrected chi connectivity index (χ3v) is 18.4. The van der Waals surface area contributed by atoms with Crippen molar-refractivity contribution < 1.29 is 14.1 Å². The highest BCUT2D eigenvalue weighted by molar-refractivity contribution is 9.11. The number of piperazine rings is 3. The van der Waals surface area contributed by atoms with E-state index in [9.17, 15) is 9.59 Å². The number of carbonyl (C=O) groups is 1. The number of nitrogens with one attached hydrogen (secondary N) is 3. The summed E-state index contributed by atoms with van der Waals surface area (Å²) in [5, 5.41) is 11.5. The number of hydrogen-bond donors (Lipinski definition) is 3. The molecule has 3 N–H and O–H groups in total. The summed E-state index contributed by atoms with van der Waals surface area (Å²) in [4.78, 5) is 65.7. The molecule has 5 saturated heterocycles. The minimum Gasteiger partial charge on any atom is -0.399 e. The number of carbonyl (C=O) groups excluding carboxylic acids is 1. The van der Waals surface area contributed by atoms with Gasteiger partial charge in [0.25, 0.3) is 11.5 Å². The van der Waals surface area contributed by atoms with Crippen molar-refractivity contribution in [3.8, 4) is 11.3 Å². The fraction of sp³-hybridized carbons (Fsp3) is 0.515. The van der Waals surface area contributed by atoms with Gasteiger partial charge < -0.3 is 54.3 Å². The van der Waals surface area contributed by atoms with Crippen LogP contribution in [0.5, 0.6) is 0 Å². The number of piperidine rings is 1. The Kier molecular flexibility index (Phi) is 25.9. The Morgan fingerprint density at radius 3 is 1.62 bits per heavy atom. The van der Waals surface area contributed by atoms with Crippen LogP contribution in [-0.2, 0) is 22.3 Å². The average molecular weight is 1420 g/mol. The number of H-pyrrole nitrogens is 1. The monoisotopic (exact) mass is 1420 g/mol. The summed E-state index contributed by atoms with van der Waals surface area (Å²) in [6, 6.07) is 19.9. The van der Waals surface area contributed by atoms with Gasteiger partial charge >= 0.3 is 7.12 Å². The molecule has 20 nitrogen and oxygen atoms in total. The van der Waals surface area contributed by atoms with Crippen molar-refractivity contribution in [2.75, 3.05) is 127 Å². The Morgan fingerprint density at radius 2 is 1.19 bits per heavy atom. The van der Waals surface area contributed by atoms with Crippen LogP contribution in [0.25, 0.3) is 22.3 Å². The molecule has 0 saturated carbocycles. The molecule has 484 valence electrons. The van der Waals surface area contributed by atoms with Crippen molar-refractivity contribution in [1.82, 2.24) is 65.0 Å². The first-order valence-corrected chi connectivity index (χ1v) is 34.0. The predicted molar refractivity (Wildman–Crippen MR) is 375 cm³/mol. The number of likely N-dealkylation sites (N-methyl/N-ethyl adjacent to an activating group) is 3. The van der Waals surface area contributed by atoms with Crippen LogP contribution in [0.15, 0.2) is 110 Å². The van der Waals surface area contributed by atoms with E-state index in [1.54, 1.807) is 18.5 Å².